The van der Waals surface area contributed by atoms with Gasteiger partial charge >= 0.3 is 0 Å². The molecule has 1 N–H and O–H groups in total. The van der Waals surface area contributed by atoms with Gasteiger partial charge in [0.15, 0.2) is 0 Å². The molecular weight excluding hydrogens is 419 g/mol. The van der Waals surface area contributed by atoms with Gasteiger partial charge in [-0.1, -0.05) is 79.9 Å². The van der Waals surface area contributed by atoms with Crippen molar-refractivity contribution in [3.8, 4) is 0 Å². The number of hydrogen-bond acceptors (Lipinski definition) is 2. The van der Waals surface area contributed by atoms with Crippen LogP contribution in [0.2, 0.25) is 10.0 Å². The lowest BCUT2D eigenvalue weighted by atomic mass is 10.1. The fourth-order valence-electron chi connectivity index (χ4n) is 3.28. The van der Waals surface area contributed by atoms with E-state index in [2.05, 4.69) is 5.32 Å². The van der Waals surface area contributed by atoms with Gasteiger partial charge in [0, 0.05) is 23.1 Å². The molecule has 0 aliphatic carbocycles. The van der Waals surface area contributed by atoms with Crippen molar-refractivity contribution in [2.24, 2.45) is 5.92 Å². The molecule has 162 valence electrons. The van der Waals surface area contributed by atoms with Gasteiger partial charge in [-0.15, -0.1) is 0 Å². The average Bonchev–Trinajstić information content (AvgIpc) is 2.68. The van der Waals surface area contributed by atoms with E-state index in [1.54, 1.807) is 23.1 Å². The number of nitrogens with zero attached hydrogens (tertiary/aromatic N) is 1. The van der Waals surface area contributed by atoms with Crippen LogP contribution in [0.25, 0.3) is 0 Å². The van der Waals surface area contributed by atoms with Crippen LogP contribution in [-0.4, -0.2) is 29.3 Å². The Hall–Kier alpha value is -2.04. The van der Waals surface area contributed by atoms with Gasteiger partial charge in [0.2, 0.25) is 11.8 Å². The van der Waals surface area contributed by atoms with Crippen molar-refractivity contribution in [1.29, 1.82) is 0 Å². The molecule has 0 aliphatic rings. The van der Waals surface area contributed by atoms with Crippen LogP contribution in [0, 0.1) is 12.8 Å². The van der Waals surface area contributed by atoms with Crippen LogP contribution in [0.1, 0.15) is 43.9 Å². The monoisotopic (exact) mass is 448 g/mol. The van der Waals surface area contributed by atoms with Crippen molar-refractivity contribution >= 4 is 35.0 Å². The molecule has 0 heterocycles. The first-order valence-corrected chi connectivity index (χ1v) is 11.0. The summed E-state index contributed by atoms with van der Waals surface area (Å²) in [6.45, 7) is 8.95. The number of carbonyl (C=O) groups is 2. The summed E-state index contributed by atoms with van der Waals surface area (Å²) in [5.74, 6) is 0.0573. The summed E-state index contributed by atoms with van der Waals surface area (Å²) in [4.78, 5) is 27.9. The Morgan fingerprint density at radius 3 is 2.43 bits per heavy atom. The lowest BCUT2D eigenvalue weighted by Crippen LogP contribution is -2.50. The Bertz CT molecular complexity index is 883. The number of benzene rings is 2. The highest BCUT2D eigenvalue weighted by molar-refractivity contribution is 6.35. The Balaban J connectivity index is 2.30. The molecule has 0 saturated carbocycles. The first kappa shape index (κ1) is 24.2. The summed E-state index contributed by atoms with van der Waals surface area (Å²) in [6, 6.07) is 12.5. The maximum absolute atomic E-state index is 13.3. The minimum absolute atomic E-state index is 0.107. The largest absolute Gasteiger partial charge is 0.354 e. The fraction of sp³-hybridized carbons (Fsp3) is 0.417. The summed E-state index contributed by atoms with van der Waals surface area (Å²) >= 11 is 12.3. The average molecular weight is 449 g/mol. The van der Waals surface area contributed by atoms with E-state index in [1.807, 2.05) is 52.0 Å². The molecule has 0 saturated heterocycles. The molecule has 0 fully saturated rings. The number of halogens is 2. The first-order valence-electron chi connectivity index (χ1n) is 10.3. The van der Waals surface area contributed by atoms with Crippen molar-refractivity contribution in [3.05, 3.63) is 69.2 Å². The lowest BCUT2D eigenvalue weighted by molar-refractivity contribution is -0.141. The van der Waals surface area contributed by atoms with Crippen molar-refractivity contribution < 1.29 is 9.59 Å². The van der Waals surface area contributed by atoms with E-state index >= 15 is 0 Å². The van der Waals surface area contributed by atoms with Crippen LogP contribution in [0.3, 0.4) is 0 Å². The first-order chi connectivity index (χ1) is 14.2. The van der Waals surface area contributed by atoms with Gasteiger partial charge in [-0.05, 0) is 42.5 Å². The van der Waals surface area contributed by atoms with Gasteiger partial charge in [0.25, 0.3) is 0 Å². The van der Waals surface area contributed by atoms with Crippen LogP contribution < -0.4 is 5.32 Å². The number of nitrogens with one attached hydrogen (secondary N) is 1. The smallest absolute Gasteiger partial charge is 0.242 e. The molecule has 0 spiro atoms. The second kappa shape index (κ2) is 11.4. The summed E-state index contributed by atoms with van der Waals surface area (Å²) < 4.78 is 0. The van der Waals surface area contributed by atoms with Gasteiger partial charge in [0.1, 0.15) is 6.04 Å². The third-order valence-electron chi connectivity index (χ3n) is 4.86. The minimum Gasteiger partial charge on any atom is -0.354 e. The molecule has 2 aromatic rings. The van der Waals surface area contributed by atoms with E-state index in [0.717, 1.165) is 11.1 Å². The zero-order valence-electron chi connectivity index (χ0n) is 18.0. The summed E-state index contributed by atoms with van der Waals surface area (Å²) in [5.41, 5.74) is 2.79. The van der Waals surface area contributed by atoms with E-state index in [-0.39, 0.29) is 18.2 Å². The molecule has 1 atom stereocenters. The van der Waals surface area contributed by atoms with Crippen molar-refractivity contribution in [2.45, 2.75) is 53.1 Å². The van der Waals surface area contributed by atoms with Gasteiger partial charge in [-0.2, -0.15) is 0 Å². The third-order valence-corrected chi connectivity index (χ3v) is 5.45. The maximum atomic E-state index is 13.3. The number of hydrogen-bond donors (Lipinski definition) is 1. The topological polar surface area (TPSA) is 49.4 Å². The van der Waals surface area contributed by atoms with Crippen LogP contribution in [0.4, 0.5) is 0 Å². The van der Waals surface area contributed by atoms with Crippen LogP contribution in [0.15, 0.2) is 42.5 Å². The molecule has 6 heteroatoms. The Morgan fingerprint density at radius 1 is 1.10 bits per heavy atom. The Labute approximate surface area is 189 Å². The zero-order chi connectivity index (χ0) is 22.3. The Kier molecular flexibility index (Phi) is 9.19. The SMILES string of the molecule is CCC(C(=O)NCC(C)C)N(Cc1cccc(C)c1)C(=O)Cc1ccc(Cl)cc1Cl. The number of rotatable bonds is 9. The highest BCUT2D eigenvalue weighted by Gasteiger charge is 2.29. The molecular formula is C24H30Cl2N2O2. The molecule has 4 nitrogen and oxygen atoms in total. The highest BCUT2D eigenvalue weighted by atomic mass is 35.5. The number of carbonyl (C=O) groups excluding carboxylic acids is 2. The van der Waals surface area contributed by atoms with Gasteiger partial charge in [-0.3, -0.25) is 9.59 Å². The van der Waals surface area contributed by atoms with E-state index in [4.69, 9.17) is 23.2 Å². The van der Waals surface area contributed by atoms with E-state index in [9.17, 15) is 9.59 Å². The quantitative estimate of drug-likeness (QED) is 0.556. The predicted octanol–water partition coefficient (Wildman–Crippen LogP) is 5.42. The predicted molar refractivity (Wildman–Crippen MR) is 124 cm³/mol. The van der Waals surface area contributed by atoms with Crippen molar-refractivity contribution in [1.82, 2.24) is 10.2 Å². The number of aryl methyl sites for hydroxylation is 1. The minimum atomic E-state index is -0.553. The van der Waals surface area contributed by atoms with Crippen LogP contribution >= 0.6 is 23.2 Å². The summed E-state index contributed by atoms with van der Waals surface area (Å²) in [5, 5.41) is 3.94. The second-order valence-corrected chi connectivity index (χ2v) is 8.83. The molecule has 0 radical (unpaired) electrons. The summed E-state index contributed by atoms with van der Waals surface area (Å²) in [6.07, 6.45) is 0.631. The highest BCUT2D eigenvalue weighted by Crippen LogP contribution is 2.23. The van der Waals surface area contributed by atoms with Gasteiger partial charge in [-0.25, -0.2) is 0 Å². The maximum Gasteiger partial charge on any atom is 0.242 e. The molecule has 0 bridgehead atoms. The van der Waals surface area contributed by atoms with E-state index < -0.39 is 6.04 Å². The zero-order valence-corrected chi connectivity index (χ0v) is 19.6. The van der Waals surface area contributed by atoms with E-state index in [1.165, 1.54) is 0 Å². The van der Waals surface area contributed by atoms with Crippen molar-refractivity contribution in [3.63, 3.8) is 0 Å². The standard InChI is InChI=1S/C24H30Cl2N2O2/c1-5-22(24(30)27-14-16(2)3)28(15-18-8-6-7-17(4)11-18)23(29)12-19-9-10-20(25)13-21(19)26/h6-11,13,16,22H,5,12,14-15H2,1-4H3,(H,27,30). The molecule has 0 aliphatic heterocycles. The summed E-state index contributed by atoms with van der Waals surface area (Å²) in [7, 11) is 0. The van der Waals surface area contributed by atoms with Crippen LogP contribution in [-0.2, 0) is 22.6 Å². The van der Waals surface area contributed by atoms with Crippen LogP contribution in [0.5, 0.6) is 0 Å². The molecule has 2 aromatic carbocycles. The third kappa shape index (κ3) is 7.03. The molecule has 2 amide bonds. The van der Waals surface area contributed by atoms with Crippen molar-refractivity contribution in [2.75, 3.05) is 6.54 Å². The molecule has 1 unspecified atom stereocenters. The Morgan fingerprint density at radius 2 is 1.83 bits per heavy atom. The lowest BCUT2D eigenvalue weighted by Gasteiger charge is -2.31. The molecule has 2 rings (SSSR count). The fourth-order valence-corrected chi connectivity index (χ4v) is 3.75. The van der Waals surface area contributed by atoms with Gasteiger partial charge < -0.3 is 10.2 Å². The molecule has 30 heavy (non-hydrogen) atoms. The number of amides is 2. The molecule has 0 aromatic heterocycles. The normalized spacial score (nSPS) is 12.0. The van der Waals surface area contributed by atoms with Gasteiger partial charge in [0.05, 0.1) is 6.42 Å². The van der Waals surface area contributed by atoms with E-state index in [0.29, 0.717) is 41.0 Å². The second-order valence-electron chi connectivity index (χ2n) is 7.99.